The summed E-state index contributed by atoms with van der Waals surface area (Å²) >= 11 is 5.65. The minimum Gasteiger partial charge on any atom is -0.332 e. The van der Waals surface area contributed by atoms with E-state index in [1.165, 1.54) is 22.1 Å². The Bertz CT molecular complexity index is 742. The van der Waals surface area contributed by atoms with Gasteiger partial charge in [-0.3, -0.25) is 0 Å². The zero-order valence-electron chi connectivity index (χ0n) is 14.8. The van der Waals surface area contributed by atoms with Gasteiger partial charge >= 0.3 is 0 Å². The van der Waals surface area contributed by atoms with Gasteiger partial charge in [0, 0.05) is 24.2 Å². The summed E-state index contributed by atoms with van der Waals surface area (Å²) in [6, 6.07) is 13.3. The Morgan fingerprint density at radius 2 is 1.88 bits per heavy atom. The summed E-state index contributed by atoms with van der Waals surface area (Å²) < 4.78 is 13.9. The van der Waals surface area contributed by atoms with E-state index in [-0.39, 0.29) is 5.82 Å². The Kier molecular flexibility index (Phi) is 5.66. The molecule has 0 bridgehead atoms. The van der Waals surface area contributed by atoms with Crippen LogP contribution in [-0.2, 0) is 6.54 Å². The lowest BCUT2D eigenvalue weighted by atomic mass is 10.1. The van der Waals surface area contributed by atoms with E-state index in [0.29, 0.717) is 6.54 Å². The van der Waals surface area contributed by atoms with Crippen LogP contribution in [0.25, 0.3) is 0 Å². The number of rotatable bonds is 3. The zero-order chi connectivity index (χ0) is 17.8. The number of hydrogen-bond acceptors (Lipinski definition) is 1. The van der Waals surface area contributed by atoms with E-state index >= 15 is 0 Å². The molecular formula is C20H25FN3S+. The molecule has 2 aromatic rings. The van der Waals surface area contributed by atoms with Gasteiger partial charge in [0.05, 0.1) is 6.54 Å². The van der Waals surface area contributed by atoms with Crippen molar-refractivity contribution in [3.63, 3.8) is 0 Å². The molecular weight excluding hydrogens is 333 g/mol. The molecule has 1 saturated heterocycles. The van der Waals surface area contributed by atoms with E-state index in [1.807, 2.05) is 12.1 Å². The predicted molar refractivity (Wildman–Crippen MR) is 104 cm³/mol. The molecule has 3 nitrogen and oxygen atoms in total. The van der Waals surface area contributed by atoms with Gasteiger partial charge in [-0.1, -0.05) is 36.4 Å². The van der Waals surface area contributed by atoms with E-state index in [1.54, 1.807) is 6.07 Å². The van der Waals surface area contributed by atoms with Crippen molar-refractivity contribution in [2.75, 3.05) is 25.1 Å². The molecule has 1 unspecified atom stereocenters. The molecule has 0 saturated carbocycles. The van der Waals surface area contributed by atoms with Crippen molar-refractivity contribution >= 4 is 23.0 Å². The molecule has 1 heterocycles. The lowest BCUT2D eigenvalue weighted by molar-refractivity contribution is -0.927. The fourth-order valence-electron chi connectivity index (χ4n) is 3.37. The fourth-order valence-corrected chi connectivity index (χ4v) is 3.63. The molecule has 2 aromatic carbocycles. The SMILES string of the molecule is Cc1cccc(C)c1NC(=S)N1CCC[NH+](Cc2ccccc2F)C1. The topological polar surface area (TPSA) is 19.7 Å². The third-order valence-corrected chi connectivity index (χ3v) is 5.13. The Morgan fingerprint density at radius 1 is 1.16 bits per heavy atom. The molecule has 1 atom stereocenters. The van der Waals surface area contributed by atoms with Crippen molar-refractivity contribution in [2.45, 2.75) is 26.8 Å². The van der Waals surface area contributed by atoms with E-state index in [9.17, 15) is 4.39 Å². The predicted octanol–water partition coefficient (Wildman–Crippen LogP) is 2.89. The van der Waals surface area contributed by atoms with Crippen molar-refractivity contribution in [1.29, 1.82) is 0 Å². The van der Waals surface area contributed by atoms with E-state index < -0.39 is 0 Å². The Hall–Kier alpha value is -1.98. The number of hydrogen-bond donors (Lipinski definition) is 2. The first-order chi connectivity index (χ1) is 12.0. The van der Waals surface area contributed by atoms with Crippen LogP contribution in [-0.4, -0.2) is 29.8 Å². The molecule has 2 N–H and O–H groups in total. The monoisotopic (exact) mass is 358 g/mol. The van der Waals surface area contributed by atoms with Crippen LogP contribution < -0.4 is 10.2 Å². The van der Waals surface area contributed by atoms with Gasteiger partial charge in [-0.05, 0) is 43.3 Å². The first-order valence-corrected chi connectivity index (χ1v) is 9.14. The third kappa shape index (κ3) is 4.35. The second kappa shape index (κ2) is 7.93. The number of nitrogens with one attached hydrogen (secondary N) is 2. The number of thiocarbonyl (C=S) groups is 1. The summed E-state index contributed by atoms with van der Waals surface area (Å²) in [5, 5.41) is 4.17. The van der Waals surface area contributed by atoms with Crippen LogP contribution >= 0.6 is 12.2 Å². The standard InChI is InChI=1S/C20H24FN3S/c1-15-7-5-8-16(2)19(15)22-20(25)24-12-6-11-23(14-24)13-17-9-3-4-10-18(17)21/h3-5,7-10H,6,11-14H2,1-2H3,(H,22,25)/p+1. The zero-order valence-corrected chi connectivity index (χ0v) is 15.6. The highest BCUT2D eigenvalue weighted by Crippen LogP contribution is 2.20. The lowest BCUT2D eigenvalue weighted by Crippen LogP contribution is -3.13. The first-order valence-electron chi connectivity index (χ1n) is 8.73. The quantitative estimate of drug-likeness (QED) is 0.823. The fraction of sp³-hybridized carbons (Fsp3) is 0.350. The van der Waals surface area contributed by atoms with Crippen molar-refractivity contribution in [3.8, 4) is 0 Å². The summed E-state index contributed by atoms with van der Waals surface area (Å²) in [5.41, 5.74) is 4.24. The average Bonchev–Trinajstić information content (AvgIpc) is 2.60. The molecule has 3 rings (SSSR count). The molecule has 0 aliphatic carbocycles. The Morgan fingerprint density at radius 3 is 2.60 bits per heavy atom. The second-order valence-corrected chi connectivity index (χ2v) is 7.13. The summed E-state index contributed by atoms with van der Waals surface area (Å²) in [4.78, 5) is 3.53. The number of para-hydroxylation sites is 1. The highest BCUT2D eigenvalue weighted by Gasteiger charge is 2.24. The maximum absolute atomic E-state index is 13.9. The molecule has 1 aliphatic rings. The maximum atomic E-state index is 13.9. The van der Waals surface area contributed by atoms with E-state index in [2.05, 4.69) is 42.3 Å². The van der Waals surface area contributed by atoms with Gasteiger partial charge in [-0.25, -0.2) is 4.39 Å². The minimum atomic E-state index is -0.122. The van der Waals surface area contributed by atoms with E-state index in [4.69, 9.17) is 12.2 Å². The summed E-state index contributed by atoms with van der Waals surface area (Å²) in [6.45, 7) is 7.64. The van der Waals surface area contributed by atoms with Crippen LogP contribution in [0.3, 0.4) is 0 Å². The summed E-state index contributed by atoms with van der Waals surface area (Å²) in [6.07, 6.45) is 1.05. The van der Waals surface area contributed by atoms with Crippen LogP contribution in [0.4, 0.5) is 10.1 Å². The average molecular weight is 359 g/mol. The second-order valence-electron chi connectivity index (χ2n) is 6.74. The largest absolute Gasteiger partial charge is 0.332 e. The van der Waals surface area contributed by atoms with Crippen LogP contribution in [0.5, 0.6) is 0 Å². The van der Waals surface area contributed by atoms with Gasteiger partial charge in [0.1, 0.15) is 12.4 Å². The number of aryl methyl sites for hydroxylation is 2. The highest BCUT2D eigenvalue weighted by molar-refractivity contribution is 7.80. The smallest absolute Gasteiger partial charge is 0.177 e. The molecule has 0 radical (unpaired) electrons. The van der Waals surface area contributed by atoms with Gasteiger partial charge in [-0.2, -0.15) is 0 Å². The maximum Gasteiger partial charge on any atom is 0.177 e. The number of nitrogens with zero attached hydrogens (tertiary/aromatic N) is 1. The summed E-state index contributed by atoms with van der Waals surface area (Å²) in [7, 11) is 0. The molecule has 1 fully saturated rings. The number of quaternary nitrogens is 1. The third-order valence-electron chi connectivity index (χ3n) is 4.77. The molecule has 25 heavy (non-hydrogen) atoms. The van der Waals surface area contributed by atoms with Crippen LogP contribution in [0.1, 0.15) is 23.1 Å². The van der Waals surface area contributed by atoms with Crippen LogP contribution in [0.15, 0.2) is 42.5 Å². The van der Waals surface area contributed by atoms with Gasteiger partial charge in [0.25, 0.3) is 0 Å². The highest BCUT2D eigenvalue weighted by atomic mass is 32.1. The van der Waals surface area contributed by atoms with Crippen LogP contribution in [0, 0.1) is 19.7 Å². The number of benzene rings is 2. The van der Waals surface area contributed by atoms with Crippen molar-refractivity contribution < 1.29 is 9.29 Å². The van der Waals surface area contributed by atoms with Gasteiger partial charge in [0.15, 0.2) is 11.8 Å². The Labute approximate surface area is 154 Å². The lowest BCUT2D eigenvalue weighted by Gasteiger charge is -2.34. The molecule has 5 heteroatoms. The Balaban J connectivity index is 1.65. The van der Waals surface area contributed by atoms with E-state index in [0.717, 1.165) is 42.5 Å². The minimum absolute atomic E-state index is 0.122. The van der Waals surface area contributed by atoms with Crippen LogP contribution in [0.2, 0.25) is 0 Å². The molecule has 132 valence electrons. The normalized spacial score (nSPS) is 17.4. The molecule has 0 amide bonds. The molecule has 0 spiro atoms. The van der Waals surface area contributed by atoms with Gasteiger partial charge < -0.3 is 15.1 Å². The first kappa shape index (κ1) is 17.8. The van der Waals surface area contributed by atoms with Gasteiger partial charge in [-0.15, -0.1) is 0 Å². The van der Waals surface area contributed by atoms with Gasteiger partial charge in [0.2, 0.25) is 0 Å². The molecule has 0 aromatic heterocycles. The van der Waals surface area contributed by atoms with Crippen molar-refractivity contribution in [3.05, 3.63) is 65.0 Å². The van der Waals surface area contributed by atoms with Crippen molar-refractivity contribution in [2.24, 2.45) is 0 Å². The summed E-state index contributed by atoms with van der Waals surface area (Å²) in [5.74, 6) is -0.122. The van der Waals surface area contributed by atoms with Crippen molar-refractivity contribution in [1.82, 2.24) is 4.90 Å². The number of halogens is 1. The molecule has 1 aliphatic heterocycles. The number of anilines is 1.